The number of amides is 1. The highest BCUT2D eigenvalue weighted by Gasteiger charge is 2.63. The molecule has 1 aromatic heterocycles. The number of aromatic nitrogens is 1. The van der Waals surface area contributed by atoms with Gasteiger partial charge in [0.15, 0.2) is 5.13 Å². The summed E-state index contributed by atoms with van der Waals surface area (Å²) in [5.41, 5.74) is 10.1. The Kier molecular flexibility index (Phi) is 4.84. The lowest BCUT2D eigenvalue weighted by Crippen LogP contribution is -2.74. The highest BCUT2D eigenvalue weighted by molar-refractivity contribution is 7.16. The van der Waals surface area contributed by atoms with Crippen molar-refractivity contribution in [3.8, 4) is 11.3 Å². The Balaban J connectivity index is 1.52. The van der Waals surface area contributed by atoms with Gasteiger partial charge in [-0.15, -0.1) is 11.3 Å². The fourth-order valence-corrected chi connectivity index (χ4v) is 5.30. The number of fused-ring (bicyclic) bond motifs is 1. The minimum Gasteiger partial charge on any atom is -0.378 e. The lowest BCUT2D eigenvalue weighted by Gasteiger charge is -2.57. The number of carbonyl (C=O) groups is 1. The molecular weight excluding hydrogens is 370 g/mol. The van der Waals surface area contributed by atoms with Crippen LogP contribution in [0.3, 0.4) is 0 Å². The maximum atomic E-state index is 13.0. The topological polar surface area (TPSA) is 77.2 Å². The van der Waals surface area contributed by atoms with Gasteiger partial charge in [-0.25, -0.2) is 4.98 Å². The Morgan fingerprint density at radius 1 is 1.36 bits per heavy atom. The van der Waals surface area contributed by atoms with Gasteiger partial charge in [-0.2, -0.15) is 0 Å². The highest BCUT2D eigenvalue weighted by atomic mass is 32.1. The smallest absolute Gasteiger partial charge is 0.246 e. The van der Waals surface area contributed by atoms with Crippen LogP contribution in [0.5, 0.6) is 0 Å². The minimum absolute atomic E-state index is 0.00764. The van der Waals surface area contributed by atoms with Crippen LogP contribution in [0.4, 0.5) is 5.13 Å². The van der Waals surface area contributed by atoms with Crippen LogP contribution in [0.2, 0.25) is 0 Å². The van der Waals surface area contributed by atoms with E-state index in [0.717, 1.165) is 22.6 Å². The third-order valence-corrected chi connectivity index (χ3v) is 7.51. The number of nitrogens with zero attached hydrogens (tertiary/aromatic N) is 1. The Hall–Kier alpha value is -1.76. The molecule has 1 aromatic carbocycles. The number of hydrogen-bond donors (Lipinski definition) is 2. The van der Waals surface area contributed by atoms with Crippen molar-refractivity contribution in [1.82, 2.24) is 4.98 Å². The van der Waals surface area contributed by atoms with Gasteiger partial charge < -0.3 is 15.8 Å². The van der Waals surface area contributed by atoms with Crippen LogP contribution < -0.4 is 11.1 Å². The van der Waals surface area contributed by atoms with Crippen molar-refractivity contribution in [3.63, 3.8) is 0 Å². The summed E-state index contributed by atoms with van der Waals surface area (Å²) >= 11 is 1.50. The van der Waals surface area contributed by atoms with E-state index in [2.05, 4.69) is 23.5 Å². The molecule has 28 heavy (non-hydrogen) atoms. The van der Waals surface area contributed by atoms with E-state index in [9.17, 15) is 4.79 Å². The molecule has 2 aliphatic carbocycles. The first-order valence-electron chi connectivity index (χ1n) is 10.1. The molecule has 150 valence electrons. The van der Waals surface area contributed by atoms with Gasteiger partial charge in [-0.1, -0.05) is 26.0 Å². The number of carbonyl (C=O) groups excluding carboxylic acids is 1. The third kappa shape index (κ3) is 2.98. The van der Waals surface area contributed by atoms with Gasteiger partial charge in [0.1, 0.15) is 5.54 Å². The van der Waals surface area contributed by atoms with Crippen molar-refractivity contribution in [3.05, 3.63) is 34.2 Å². The summed E-state index contributed by atoms with van der Waals surface area (Å²) < 4.78 is 5.73. The summed E-state index contributed by atoms with van der Waals surface area (Å²) in [6.07, 6.45) is 4.08. The second kappa shape index (κ2) is 6.94. The molecule has 0 bridgehead atoms. The predicted octanol–water partition coefficient (Wildman–Crippen LogP) is 4.08. The first-order valence-corrected chi connectivity index (χ1v) is 10.9. The largest absolute Gasteiger partial charge is 0.378 e. The zero-order valence-electron chi connectivity index (χ0n) is 17.1. The van der Waals surface area contributed by atoms with Crippen molar-refractivity contribution < 1.29 is 9.53 Å². The van der Waals surface area contributed by atoms with Crippen LogP contribution in [-0.4, -0.2) is 29.1 Å². The molecule has 1 heterocycles. The molecule has 4 rings (SSSR count). The summed E-state index contributed by atoms with van der Waals surface area (Å²) in [6, 6.07) is 6.61. The second-order valence-corrected chi connectivity index (χ2v) is 9.76. The molecule has 1 fully saturated rings. The van der Waals surface area contributed by atoms with Crippen molar-refractivity contribution in [1.29, 1.82) is 0 Å². The second-order valence-electron chi connectivity index (χ2n) is 8.56. The van der Waals surface area contributed by atoms with Crippen LogP contribution in [0, 0.1) is 12.3 Å². The SMILES string of the molecule is CCOC1CC(N)(C(=O)Nc2nc(-c3ccc4c(c3)CCC4)c(C)s2)C1(C)C. The number of hydrogen-bond acceptors (Lipinski definition) is 5. The average Bonchev–Trinajstić information content (AvgIpc) is 3.26. The predicted molar refractivity (Wildman–Crippen MR) is 114 cm³/mol. The van der Waals surface area contributed by atoms with Crippen LogP contribution in [0.1, 0.15) is 49.6 Å². The number of benzene rings is 1. The molecule has 0 radical (unpaired) electrons. The Labute approximate surface area is 170 Å². The molecular formula is C22H29N3O2S. The summed E-state index contributed by atoms with van der Waals surface area (Å²) in [4.78, 5) is 18.8. The molecule has 0 aliphatic heterocycles. The summed E-state index contributed by atoms with van der Waals surface area (Å²) in [7, 11) is 0. The number of rotatable bonds is 5. The Bertz CT molecular complexity index is 921. The third-order valence-electron chi connectivity index (χ3n) is 6.62. The van der Waals surface area contributed by atoms with E-state index < -0.39 is 11.0 Å². The van der Waals surface area contributed by atoms with Gasteiger partial charge in [0.25, 0.3) is 0 Å². The van der Waals surface area contributed by atoms with E-state index in [1.54, 1.807) is 0 Å². The van der Waals surface area contributed by atoms with Crippen LogP contribution in [0.15, 0.2) is 18.2 Å². The fourth-order valence-electron chi connectivity index (χ4n) is 4.47. The van der Waals surface area contributed by atoms with Crippen molar-refractivity contribution in [2.75, 3.05) is 11.9 Å². The number of nitrogens with one attached hydrogen (secondary N) is 1. The Morgan fingerprint density at radius 2 is 2.11 bits per heavy atom. The maximum absolute atomic E-state index is 13.0. The summed E-state index contributed by atoms with van der Waals surface area (Å²) in [5, 5.41) is 3.58. The van der Waals surface area contributed by atoms with E-state index in [1.807, 2.05) is 27.7 Å². The van der Waals surface area contributed by atoms with E-state index in [-0.39, 0.29) is 12.0 Å². The summed E-state index contributed by atoms with van der Waals surface area (Å²) in [6.45, 7) is 8.64. The van der Waals surface area contributed by atoms with Crippen LogP contribution in [0.25, 0.3) is 11.3 Å². The Morgan fingerprint density at radius 3 is 2.82 bits per heavy atom. The van der Waals surface area contributed by atoms with Gasteiger partial charge in [0.2, 0.25) is 5.91 Å². The molecule has 6 heteroatoms. The van der Waals surface area contributed by atoms with E-state index in [0.29, 0.717) is 18.2 Å². The minimum atomic E-state index is -0.944. The highest BCUT2D eigenvalue weighted by Crippen LogP contribution is 2.50. The van der Waals surface area contributed by atoms with Gasteiger partial charge in [0.05, 0.1) is 11.8 Å². The number of ether oxygens (including phenoxy) is 1. The van der Waals surface area contributed by atoms with Crippen molar-refractivity contribution in [2.45, 2.75) is 65.0 Å². The number of thiazole rings is 1. The summed E-state index contributed by atoms with van der Waals surface area (Å²) in [5.74, 6) is -0.178. The lowest BCUT2D eigenvalue weighted by molar-refractivity contribution is -0.166. The maximum Gasteiger partial charge on any atom is 0.246 e. The molecule has 0 saturated heterocycles. The average molecular weight is 400 g/mol. The van der Waals surface area contributed by atoms with E-state index in [1.165, 1.54) is 35.3 Å². The van der Waals surface area contributed by atoms with Gasteiger partial charge in [0, 0.05) is 28.9 Å². The normalized spacial score (nSPS) is 25.2. The van der Waals surface area contributed by atoms with Gasteiger partial charge in [-0.05, 0) is 50.3 Å². The molecule has 2 unspecified atom stereocenters. The number of aryl methyl sites for hydroxylation is 3. The van der Waals surface area contributed by atoms with Crippen LogP contribution >= 0.6 is 11.3 Å². The molecule has 2 aliphatic rings. The number of nitrogens with two attached hydrogens (primary N) is 1. The van der Waals surface area contributed by atoms with Crippen molar-refractivity contribution in [2.24, 2.45) is 11.1 Å². The molecule has 1 saturated carbocycles. The lowest BCUT2D eigenvalue weighted by atomic mass is 9.54. The van der Waals surface area contributed by atoms with E-state index in [4.69, 9.17) is 15.5 Å². The molecule has 0 spiro atoms. The first kappa shape index (κ1) is 19.6. The fraction of sp³-hybridized carbons (Fsp3) is 0.545. The molecule has 2 aromatic rings. The quantitative estimate of drug-likeness (QED) is 0.794. The van der Waals surface area contributed by atoms with Gasteiger partial charge in [-0.3, -0.25) is 4.79 Å². The molecule has 1 amide bonds. The molecule has 5 nitrogen and oxygen atoms in total. The molecule has 3 N–H and O–H groups in total. The van der Waals surface area contributed by atoms with E-state index >= 15 is 0 Å². The monoisotopic (exact) mass is 399 g/mol. The zero-order chi connectivity index (χ0) is 20.1. The molecule has 2 atom stereocenters. The van der Waals surface area contributed by atoms with Gasteiger partial charge >= 0.3 is 0 Å². The number of anilines is 1. The first-order chi connectivity index (χ1) is 13.3. The van der Waals surface area contributed by atoms with Crippen LogP contribution in [-0.2, 0) is 22.4 Å². The standard InChI is InChI=1S/C22H29N3O2S/c1-5-27-17-12-22(23,21(17,3)4)19(26)25-20-24-18(13(2)28-20)16-10-9-14-7-6-8-15(14)11-16/h9-11,17H,5-8,12,23H2,1-4H3,(H,24,25,26). The van der Waals surface area contributed by atoms with Crippen molar-refractivity contribution >= 4 is 22.4 Å². The zero-order valence-corrected chi connectivity index (χ0v) is 17.9.